The molecule has 2 rings (SSSR count). The summed E-state index contributed by atoms with van der Waals surface area (Å²) in [7, 11) is 0. The van der Waals surface area contributed by atoms with E-state index in [2.05, 4.69) is 4.98 Å². The van der Waals surface area contributed by atoms with Gasteiger partial charge in [0.05, 0.1) is 6.10 Å². The van der Waals surface area contributed by atoms with Crippen molar-refractivity contribution in [2.45, 2.75) is 26.1 Å². The van der Waals surface area contributed by atoms with Crippen molar-refractivity contribution in [2.24, 2.45) is 0 Å². The van der Waals surface area contributed by atoms with Crippen LogP contribution in [0.25, 0.3) is 0 Å². The Labute approximate surface area is 118 Å². The second-order valence-electron chi connectivity index (χ2n) is 4.65. The van der Waals surface area contributed by atoms with Crippen LogP contribution in [0.4, 0.5) is 0 Å². The van der Waals surface area contributed by atoms with E-state index in [1.54, 1.807) is 19.2 Å². The monoisotopic (exact) mass is 268 g/mol. The zero-order chi connectivity index (χ0) is 14.4. The maximum atomic E-state index is 9.31. The molecule has 0 amide bonds. The summed E-state index contributed by atoms with van der Waals surface area (Å²) >= 11 is 0. The standard InChI is InChI=1S/C16H16N2O2/c1-12(19)8-13-2-4-16(5-3-13)20-11-14-6-7-18-15(9-14)10-17/h2-7,9,12,19H,8,11H2,1H3. The molecule has 0 radical (unpaired) electrons. The van der Waals surface area contributed by atoms with Crippen LogP contribution in [-0.4, -0.2) is 16.2 Å². The molecule has 1 aromatic carbocycles. The SMILES string of the molecule is CC(O)Cc1ccc(OCc2ccnc(C#N)c2)cc1. The summed E-state index contributed by atoms with van der Waals surface area (Å²) < 4.78 is 5.65. The summed E-state index contributed by atoms with van der Waals surface area (Å²) in [4.78, 5) is 3.91. The van der Waals surface area contributed by atoms with Crippen molar-refractivity contribution in [1.29, 1.82) is 5.26 Å². The number of nitriles is 1. The average Bonchev–Trinajstić information content (AvgIpc) is 2.46. The molecule has 0 saturated heterocycles. The highest BCUT2D eigenvalue weighted by atomic mass is 16.5. The summed E-state index contributed by atoms with van der Waals surface area (Å²) in [5.41, 5.74) is 2.37. The van der Waals surface area contributed by atoms with E-state index in [4.69, 9.17) is 10.00 Å². The van der Waals surface area contributed by atoms with Crippen LogP contribution in [-0.2, 0) is 13.0 Å². The number of aromatic nitrogens is 1. The van der Waals surface area contributed by atoms with Crippen molar-refractivity contribution in [3.05, 3.63) is 59.4 Å². The van der Waals surface area contributed by atoms with E-state index in [0.717, 1.165) is 16.9 Å². The van der Waals surface area contributed by atoms with Crippen molar-refractivity contribution in [3.63, 3.8) is 0 Å². The molecule has 1 atom stereocenters. The lowest BCUT2D eigenvalue weighted by atomic mass is 10.1. The number of aliphatic hydroxyl groups excluding tert-OH is 1. The molecular formula is C16H16N2O2. The van der Waals surface area contributed by atoms with E-state index < -0.39 is 0 Å². The van der Waals surface area contributed by atoms with Crippen molar-refractivity contribution >= 4 is 0 Å². The second-order valence-corrected chi connectivity index (χ2v) is 4.65. The Morgan fingerprint density at radius 1 is 1.25 bits per heavy atom. The molecule has 1 aromatic heterocycles. The first-order chi connectivity index (χ1) is 9.67. The van der Waals surface area contributed by atoms with Gasteiger partial charge >= 0.3 is 0 Å². The first-order valence-corrected chi connectivity index (χ1v) is 6.42. The molecule has 1 N–H and O–H groups in total. The summed E-state index contributed by atoms with van der Waals surface area (Å²) in [5, 5.41) is 18.1. The lowest BCUT2D eigenvalue weighted by Gasteiger charge is -2.08. The highest BCUT2D eigenvalue weighted by Crippen LogP contribution is 2.15. The number of hydrogen-bond acceptors (Lipinski definition) is 4. The van der Waals surface area contributed by atoms with E-state index in [1.807, 2.05) is 36.4 Å². The van der Waals surface area contributed by atoms with Crippen molar-refractivity contribution in [3.8, 4) is 11.8 Å². The van der Waals surface area contributed by atoms with Gasteiger partial charge in [-0.1, -0.05) is 12.1 Å². The molecule has 0 aliphatic heterocycles. The van der Waals surface area contributed by atoms with Gasteiger partial charge < -0.3 is 9.84 Å². The first kappa shape index (κ1) is 14.0. The molecule has 4 nitrogen and oxygen atoms in total. The van der Waals surface area contributed by atoms with E-state index in [0.29, 0.717) is 18.7 Å². The molecule has 0 fully saturated rings. The maximum absolute atomic E-state index is 9.31. The number of nitrogens with zero attached hydrogens (tertiary/aromatic N) is 2. The highest BCUT2D eigenvalue weighted by molar-refractivity contribution is 5.29. The van der Waals surface area contributed by atoms with Crippen LogP contribution in [0.2, 0.25) is 0 Å². The van der Waals surface area contributed by atoms with Gasteiger partial charge in [-0.05, 0) is 48.7 Å². The molecule has 1 unspecified atom stereocenters. The van der Waals surface area contributed by atoms with Gasteiger partial charge in [0.25, 0.3) is 0 Å². The fraction of sp³-hybridized carbons (Fsp3) is 0.250. The number of rotatable bonds is 5. The van der Waals surface area contributed by atoms with Gasteiger partial charge in [-0.15, -0.1) is 0 Å². The lowest BCUT2D eigenvalue weighted by Crippen LogP contribution is -2.04. The average molecular weight is 268 g/mol. The molecule has 0 spiro atoms. The van der Waals surface area contributed by atoms with E-state index in [9.17, 15) is 5.11 Å². The molecule has 0 aliphatic carbocycles. The Bertz CT molecular complexity index is 601. The summed E-state index contributed by atoms with van der Waals surface area (Å²) in [5.74, 6) is 0.759. The third-order valence-corrected chi connectivity index (χ3v) is 2.80. The van der Waals surface area contributed by atoms with Gasteiger partial charge in [0.1, 0.15) is 24.1 Å². The van der Waals surface area contributed by atoms with E-state index in [1.165, 1.54) is 0 Å². The van der Waals surface area contributed by atoms with Crippen LogP contribution in [0.15, 0.2) is 42.6 Å². The Balaban J connectivity index is 1.95. The minimum Gasteiger partial charge on any atom is -0.489 e. The van der Waals surface area contributed by atoms with Crippen molar-refractivity contribution in [1.82, 2.24) is 4.98 Å². The minimum atomic E-state index is -0.344. The molecule has 0 saturated carbocycles. The molecule has 1 heterocycles. The van der Waals surface area contributed by atoms with Gasteiger partial charge in [-0.3, -0.25) is 0 Å². The van der Waals surface area contributed by atoms with Crippen LogP contribution in [0.1, 0.15) is 23.7 Å². The van der Waals surface area contributed by atoms with Crippen LogP contribution in [0.5, 0.6) is 5.75 Å². The first-order valence-electron chi connectivity index (χ1n) is 6.42. The molecule has 0 bridgehead atoms. The molecule has 0 aliphatic rings. The number of pyridine rings is 1. The highest BCUT2D eigenvalue weighted by Gasteiger charge is 2.01. The number of aliphatic hydroxyl groups is 1. The van der Waals surface area contributed by atoms with Crippen molar-refractivity contribution in [2.75, 3.05) is 0 Å². The van der Waals surface area contributed by atoms with Gasteiger partial charge in [-0.25, -0.2) is 4.98 Å². The maximum Gasteiger partial charge on any atom is 0.140 e. The van der Waals surface area contributed by atoms with Crippen molar-refractivity contribution < 1.29 is 9.84 Å². The Kier molecular flexibility index (Phi) is 4.70. The molecule has 2 aromatic rings. The summed E-state index contributed by atoms with van der Waals surface area (Å²) in [6.07, 6.45) is 1.89. The molecule has 20 heavy (non-hydrogen) atoms. The quantitative estimate of drug-likeness (QED) is 0.904. The predicted molar refractivity (Wildman–Crippen MR) is 75.1 cm³/mol. The summed E-state index contributed by atoms with van der Waals surface area (Å²) in [6.45, 7) is 2.16. The minimum absolute atomic E-state index is 0.344. The number of hydrogen-bond donors (Lipinski definition) is 1. The second kappa shape index (κ2) is 6.69. The van der Waals surface area contributed by atoms with Crippen LogP contribution in [0, 0.1) is 11.3 Å². The van der Waals surface area contributed by atoms with Gasteiger partial charge in [0.2, 0.25) is 0 Å². The largest absolute Gasteiger partial charge is 0.489 e. The Hall–Kier alpha value is -2.38. The lowest BCUT2D eigenvalue weighted by molar-refractivity contribution is 0.195. The normalized spacial score (nSPS) is 11.7. The fourth-order valence-electron chi connectivity index (χ4n) is 1.85. The van der Waals surface area contributed by atoms with E-state index in [-0.39, 0.29) is 6.10 Å². The molecular weight excluding hydrogens is 252 g/mol. The van der Waals surface area contributed by atoms with Gasteiger partial charge in [-0.2, -0.15) is 5.26 Å². The topological polar surface area (TPSA) is 66.1 Å². The Morgan fingerprint density at radius 3 is 2.65 bits per heavy atom. The third-order valence-electron chi connectivity index (χ3n) is 2.80. The zero-order valence-corrected chi connectivity index (χ0v) is 11.3. The number of benzene rings is 1. The van der Waals surface area contributed by atoms with Crippen LogP contribution in [0.3, 0.4) is 0 Å². The van der Waals surface area contributed by atoms with Gasteiger partial charge in [0.15, 0.2) is 0 Å². The zero-order valence-electron chi connectivity index (χ0n) is 11.3. The summed E-state index contributed by atoms with van der Waals surface area (Å²) in [6, 6.07) is 13.2. The predicted octanol–water partition coefficient (Wildman–Crippen LogP) is 2.46. The van der Waals surface area contributed by atoms with Crippen LogP contribution >= 0.6 is 0 Å². The molecule has 4 heteroatoms. The van der Waals surface area contributed by atoms with E-state index >= 15 is 0 Å². The third kappa shape index (κ3) is 4.08. The van der Waals surface area contributed by atoms with Crippen LogP contribution < -0.4 is 4.74 Å². The number of ether oxygens (including phenoxy) is 1. The molecule has 102 valence electrons. The fourth-order valence-corrected chi connectivity index (χ4v) is 1.85. The smallest absolute Gasteiger partial charge is 0.140 e. The van der Waals surface area contributed by atoms with Gasteiger partial charge in [0, 0.05) is 6.20 Å². The Morgan fingerprint density at radius 2 is 2.00 bits per heavy atom.